The average Bonchev–Trinajstić information content (AvgIpc) is 2.58. The second kappa shape index (κ2) is 6.36. The summed E-state index contributed by atoms with van der Waals surface area (Å²) < 4.78 is 0. The molecule has 2 aliphatic rings. The zero-order valence-corrected chi connectivity index (χ0v) is 13.9. The fraction of sp³-hybridized carbons (Fsp3) is 1.00. The van der Waals surface area contributed by atoms with Gasteiger partial charge in [-0.25, -0.2) is 0 Å². The van der Waals surface area contributed by atoms with Crippen LogP contribution in [0.25, 0.3) is 0 Å². The Morgan fingerprint density at radius 1 is 1.21 bits per heavy atom. The molecule has 0 radical (unpaired) electrons. The maximum atomic E-state index is 6.27. The van der Waals surface area contributed by atoms with Gasteiger partial charge in [-0.1, -0.05) is 27.2 Å². The molecule has 2 fully saturated rings. The van der Waals surface area contributed by atoms with E-state index in [2.05, 4.69) is 37.4 Å². The lowest BCUT2D eigenvalue weighted by Crippen LogP contribution is -2.57. The molecule has 1 saturated heterocycles. The van der Waals surface area contributed by atoms with Crippen LogP contribution >= 0.6 is 11.8 Å². The maximum absolute atomic E-state index is 6.27. The first-order valence-corrected chi connectivity index (χ1v) is 9.13. The normalized spacial score (nSPS) is 36.9. The lowest BCUT2D eigenvalue weighted by atomic mass is 9.82. The minimum absolute atomic E-state index is 0.308. The predicted octanol–water partition coefficient (Wildman–Crippen LogP) is 3.50. The Kier molecular flexibility index (Phi) is 5.24. The molecule has 19 heavy (non-hydrogen) atoms. The van der Waals surface area contributed by atoms with Crippen molar-refractivity contribution in [1.82, 2.24) is 4.90 Å². The van der Waals surface area contributed by atoms with E-state index in [9.17, 15) is 0 Å². The summed E-state index contributed by atoms with van der Waals surface area (Å²) in [6, 6.07) is 0. The summed E-state index contributed by atoms with van der Waals surface area (Å²) in [5.74, 6) is 1.30. The molecule has 0 bridgehead atoms. The van der Waals surface area contributed by atoms with Crippen LogP contribution in [0.4, 0.5) is 0 Å². The molecular formula is C16H32N2S. The molecule has 2 unspecified atom stereocenters. The highest BCUT2D eigenvalue weighted by molar-refractivity contribution is 8.00. The molecular weight excluding hydrogens is 252 g/mol. The first-order chi connectivity index (χ1) is 9.01. The van der Waals surface area contributed by atoms with E-state index < -0.39 is 0 Å². The Morgan fingerprint density at radius 2 is 2.00 bits per heavy atom. The van der Waals surface area contributed by atoms with Gasteiger partial charge in [0.05, 0.1) is 0 Å². The molecule has 0 amide bonds. The van der Waals surface area contributed by atoms with Crippen LogP contribution in [0, 0.1) is 5.41 Å². The second-order valence-corrected chi connectivity index (χ2v) is 8.70. The minimum atomic E-state index is 0.308. The largest absolute Gasteiger partial charge is 0.329 e. The van der Waals surface area contributed by atoms with E-state index in [1.165, 1.54) is 57.4 Å². The zero-order chi connectivity index (χ0) is 13.9. The second-order valence-electron chi connectivity index (χ2n) is 7.29. The van der Waals surface area contributed by atoms with Gasteiger partial charge in [0.2, 0.25) is 0 Å². The van der Waals surface area contributed by atoms with Gasteiger partial charge in [0.15, 0.2) is 0 Å². The lowest BCUT2D eigenvalue weighted by molar-refractivity contribution is 0.0781. The van der Waals surface area contributed by atoms with Gasteiger partial charge in [0.25, 0.3) is 0 Å². The van der Waals surface area contributed by atoms with Crippen LogP contribution in [-0.4, -0.2) is 41.1 Å². The summed E-state index contributed by atoms with van der Waals surface area (Å²) in [6.07, 6.45) is 7.97. The zero-order valence-electron chi connectivity index (χ0n) is 13.1. The molecule has 1 aliphatic heterocycles. The summed E-state index contributed by atoms with van der Waals surface area (Å²) in [5, 5.41) is 0.827. The minimum Gasteiger partial charge on any atom is -0.329 e. The number of rotatable bonds is 3. The van der Waals surface area contributed by atoms with Crippen LogP contribution in [0.15, 0.2) is 0 Å². The van der Waals surface area contributed by atoms with Crippen molar-refractivity contribution < 1.29 is 0 Å². The van der Waals surface area contributed by atoms with Crippen molar-refractivity contribution in [2.24, 2.45) is 11.1 Å². The smallest absolute Gasteiger partial charge is 0.0332 e. The molecule has 3 heteroatoms. The Balaban J connectivity index is 2.08. The molecule has 0 aromatic rings. The highest BCUT2D eigenvalue weighted by Gasteiger charge is 2.40. The third kappa shape index (κ3) is 3.68. The van der Waals surface area contributed by atoms with Gasteiger partial charge in [0.1, 0.15) is 0 Å². The predicted molar refractivity (Wildman–Crippen MR) is 86.8 cm³/mol. The van der Waals surface area contributed by atoms with E-state index >= 15 is 0 Å². The van der Waals surface area contributed by atoms with Crippen LogP contribution in [0.2, 0.25) is 0 Å². The monoisotopic (exact) mass is 284 g/mol. The van der Waals surface area contributed by atoms with Crippen molar-refractivity contribution in [2.45, 2.75) is 70.1 Å². The van der Waals surface area contributed by atoms with Crippen molar-refractivity contribution >= 4 is 11.8 Å². The van der Waals surface area contributed by atoms with Crippen LogP contribution in [0.1, 0.15) is 59.3 Å². The van der Waals surface area contributed by atoms with E-state index in [0.717, 1.165) is 11.8 Å². The number of nitrogens with two attached hydrogens (primary N) is 1. The van der Waals surface area contributed by atoms with E-state index in [-0.39, 0.29) is 0 Å². The Labute approximate surface area is 123 Å². The van der Waals surface area contributed by atoms with Gasteiger partial charge >= 0.3 is 0 Å². The Morgan fingerprint density at radius 3 is 2.68 bits per heavy atom. The third-order valence-corrected chi connectivity index (χ3v) is 6.78. The third-order valence-electron chi connectivity index (χ3n) is 5.41. The topological polar surface area (TPSA) is 29.3 Å². The van der Waals surface area contributed by atoms with Gasteiger partial charge in [-0.15, -0.1) is 0 Å². The van der Waals surface area contributed by atoms with Gasteiger partial charge in [-0.3, -0.25) is 4.90 Å². The van der Waals surface area contributed by atoms with Crippen molar-refractivity contribution in [2.75, 3.05) is 25.4 Å². The van der Waals surface area contributed by atoms with E-state index in [1.54, 1.807) is 0 Å². The van der Waals surface area contributed by atoms with Crippen molar-refractivity contribution in [3.8, 4) is 0 Å². The molecule has 0 spiro atoms. The lowest BCUT2D eigenvalue weighted by Gasteiger charge is -2.47. The molecule has 2 atom stereocenters. The Hall–Kier alpha value is 0.270. The molecule has 2 N–H and O–H groups in total. The summed E-state index contributed by atoms with van der Waals surface area (Å²) in [6.45, 7) is 10.6. The highest BCUT2D eigenvalue weighted by Crippen LogP contribution is 2.41. The summed E-state index contributed by atoms with van der Waals surface area (Å²) in [7, 11) is 0. The standard InChI is InChI=1S/C16H32N2S/c1-4-14-12-18(10-11-19-14)16(13-17)7-5-6-15(2,3)8-9-16/h14H,4-13,17H2,1-3H3. The molecule has 1 saturated carbocycles. The molecule has 2 rings (SSSR count). The molecule has 0 aromatic carbocycles. The van der Waals surface area contributed by atoms with Crippen molar-refractivity contribution in [3.05, 3.63) is 0 Å². The van der Waals surface area contributed by atoms with E-state index in [0.29, 0.717) is 11.0 Å². The van der Waals surface area contributed by atoms with Crippen molar-refractivity contribution in [3.63, 3.8) is 0 Å². The van der Waals surface area contributed by atoms with Crippen LogP contribution in [-0.2, 0) is 0 Å². The SMILES string of the molecule is CCC1CN(C2(CN)CCCC(C)(C)CC2)CCS1. The number of hydrogen-bond donors (Lipinski definition) is 1. The maximum Gasteiger partial charge on any atom is 0.0332 e. The molecule has 1 aliphatic carbocycles. The Bertz CT molecular complexity index is 292. The molecule has 112 valence electrons. The van der Waals surface area contributed by atoms with Gasteiger partial charge in [-0.2, -0.15) is 11.8 Å². The van der Waals surface area contributed by atoms with Crippen LogP contribution in [0.5, 0.6) is 0 Å². The van der Waals surface area contributed by atoms with Gasteiger partial charge in [-0.05, 0) is 37.5 Å². The quantitative estimate of drug-likeness (QED) is 0.804. The first kappa shape index (κ1) is 15.7. The highest BCUT2D eigenvalue weighted by atomic mass is 32.2. The average molecular weight is 285 g/mol. The summed E-state index contributed by atoms with van der Waals surface area (Å²) >= 11 is 2.16. The summed E-state index contributed by atoms with van der Waals surface area (Å²) in [4.78, 5) is 2.76. The van der Waals surface area contributed by atoms with Crippen LogP contribution in [0.3, 0.4) is 0 Å². The van der Waals surface area contributed by atoms with Gasteiger partial charge < -0.3 is 5.73 Å². The number of hydrogen-bond acceptors (Lipinski definition) is 3. The fourth-order valence-electron chi connectivity index (χ4n) is 3.76. The summed E-state index contributed by atoms with van der Waals surface area (Å²) in [5.41, 5.74) is 7.09. The number of thioether (sulfide) groups is 1. The van der Waals surface area contributed by atoms with Crippen molar-refractivity contribution in [1.29, 1.82) is 0 Å². The van der Waals surface area contributed by atoms with E-state index in [1.807, 2.05) is 0 Å². The van der Waals surface area contributed by atoms with E-state index in [4.69, 9.17) is 5.73 Å². The van der Waals surface area contributed by atoms with Gasteiger partial charge in [0, 0.05) is 36.2 Å². The van der Waals surface area contributed by atoms with Crippen LogP contribution < -0.4 is 5.73 Å². The molecule has 2 nitrogen and oxygen atoms in total. The molecule has 0 aromatic heterocycles. The first-order valence-electron chi connectivity index (χ1n) is 8.08. The molecule has 1 heterocycles. The fourth-order valence-corrected chi connectivity index (χ4v) is 4.94. The number of nitrogens with zero attached hydrogens (tertiary/aromatic N) is 1.